The van der Waals surface area contributed by atoms with Gasteiger partial charge in [0.1, 0.15) is 5.57 Å². The lowest BCUT2D eigenvalue weighted by atomic mass is 9.76. The molecule has 23 heavy (non-hydrogen) atoms. The minimum absolute atomic E-state index is 0.184. The fraction of sp³-hybridized carbons (Fsp3) is 0.375. The van der Waals surface area contributed by atoms with Crippen molar-refractivity contribution in [3.05, 3.63) is 35.2 Å². The number of aromatic nitrogens is 2. The Morgan fingerprint density at radius 3 is 2.83 bits per heavy atom. The van der Waals surface area contributed by atoms with Gasteiger partial charge >= 0.3 is 6.18 Å². The van der Waals surface area contributed by atoms with Gasteiger partial charge in [0.25, 0.3) is 0 Å². The number of hydrogen-bond acceptors (Lipinski definition) is 2. The van der Waals surface area contributed by atoms with Gasteiger partial charge in [-0.2, -0.15) is 13.2 Å². The summed E-state index contributed by atoms with van der Waals surface area (Å²) in [4.78, 5) is 19.6. The maximum atomic E-state index is 13.6. The van der Waals surface area contributed by atoms with Crippen LogP contribution in [0.15, 0.2) is 24.0 Å². The molecule has 0 saturated heterocycles. The highest BCUT2D eigenvalue weighted by molar-refractivity contribution is 14.1. The van der Waals surface area contributed by atoms with Gasteiger partial charge in [0.2, 0.25) is 0 Å². The Morgan fingerprint density at radius 1 is 1.35 bits per heavy atom. The molecule has 7 heteroatoms. The summed E-state index contributed by atoms with van der Waals surface area (Å²) in [7, 11) is 0. The third kappa shape index (κ3) is 2.15. The van der Waals surface area contributed by atoms with Crippen molar-refractivity contribution in [2.75, 3.05) is 4.43 Å². The van der Waals surface area contributed by atoms with Gasteiger partial charge in [-0.1, -0.05) is 28.7 Å². The molecule has 0 spiro atoms. The monoisotopic (exact) mass is 432 g/mol. The lowest BCUT2D eigenvalue weighted by Gasteiger charge is -2.29. The number of allylic oxidation sites excluding steroid dienone is 2. The molecule has 1 heterocycles. The zero-order valence-corrected chi connectivity index (χ0v) is 14.0. The van der Waals surface area contributed by atoms with E-state index in [1.54, 1.807) is 18.5 Å². The lowest BCUT2D eigenvalue weighted by molar-refractivity contribution is -0.132. The van der Waals surface area contributed by atoms with Crippen LogP contribution in [0.3, 0.4) is 0 Å². The summed E-state index contributed by atoms with van der Waals surface area (Å²) in [5, 5.41) is 0. The van der Waals surface area contributed by atoms with E-state index in [1.807, 2.05) is 22.6 Å². The number of H-pyrrole nitrogens is 1. The summed E-state index contributed by atoms with van der Waals surface area (Å²) < 4.78 is 41.2. The summed E-state index contributed by atoms with van der Waals surface area (Å²) >= 11 is 2.00. The quantitative estimate of drug-likeness (QED) is 0.546. The molecule has 0 bridgehead atoms. The van der Waals surface area contributed by atoms with Gasteiger partial charge in [-0.15, -0.1) is 0 Å². The second-order valence-corrected chi connectivity index (χ2v) is 6.91. The van der Waals surface area contributed by atoms with Crippen LogP contribution >= 0.6 is 22.6 Å². The number of nitrogens with one attached hydrogen (secondary N) is 1. The Labute approximate surface area is 143 Å². The van der Waals surface area contributed by atoms with Crippen LogP contribution in [0.1, 0.15) is 17.5 Å². The van der Waals surface area contributed by atoms with Gasteiger partial charge in [-0.3, -0.25) is 4.79 Å². The molecule has 0 amide bonds. The van der Waals surface area contributed by atoms with Crippen LogP contribution in [-0.2, 0) is 11.2 Å². The third-order valence-electron chi connectivity index (χ3n) is 4.77. The van der Waals surface area contributed by atoms with Crippen LogP contribution in [0, 0.1) is 11.8 Å². The number of carbonyl (C=O) groups is 1. The van der Waals surface area contributed by atoms with Crippen molar-refractivity contribution in [1.29, 1.82) is 0 Å². The minimum Gasteiger partial charge on any atom is -0.345 e. The van der Waals surface area contributed by atoms with Crippen LogP contribution in [0.5, 0.6) is 0 Å². The number of Topliss-reactive ketones (excluding diaryl/α,β-unsaturated/α-hetero) is 1. The fourth-order valence-corrected chi connectivity index (χ4v) is 4.61. The number of carbonyl (C=O) groups excluding carboxylic acids is 1. The maximum Gasteiger partial charge on any atom is 0.420 e. The van der Waals surface area contributed by atoms with Crippen molar-refractivity contribution in [3.63, 3.8) is 0 Å². The van der Waals surface area contributed by atoms with Gasteiger partial charge < -0.3 is 4.98 Å². The Bertz CT molecular complexity index is 853. The summed E-state index contributed by atoms with van der Waals surface area (Å²) in [6.07, 6.45) is -2.06. The highest BCUT2D eigenvalue weighted by Crippen LogP contribution is 2.51. The highest BCUT2D eigenvalue weighted by Gasteiger charge is 2.50. The highest BCUT2D eigenvalue weighted by atomic mass is 127. The molecule has 2 aliphatic rings. The first-order valence-corrected chi connectivity index (χ1v) is 8.81. The molecular weight excluding hydrogens is 420 g/mol. The van der Waals surface area contributed by atoms with Crippen molar-refractivity contribution >= 4 is 45.0 Å². The molecule has 2 atom stereocenters. The predicted octanol–water partition coefficient (Wildman–Crippen LogP) is 4.08. The minimum atomic E-state index is -4.61. The van der Waals surface area contributed by atoms with Crippen molar-refractivity contribution < 1.29 is 18.0 Å². The van der Waals surface area contributed by atoms with Crippen molar-refractivity contribution in [2.24, 2.45) is 11.8 Å². The standard InChI is InChI=1S/C16H12F3IN2O/c17-16(18,19)13-12-7(3-8(5-20)15(13)23)4-10-9(12)1-2-11-14(10)22-6-21-11/h1-2,6-8H,3-5H2,(H,21,22)/t7?,8-/m0/s1. The van der Waals surface area contributed by atoms with Crippen molar-refractivity contribution in [3.8, 4) is 0 Å². The average molecular weight is 432 g/mol. The smallest absolute Gasteiger partial charge is 0.345 e. The molecule has 0 fully saturated rings. The van der Waals surface area contributed by atoms with E-state index in [4.69, 9.17) is 0 Å². The molecule has 2 aliphatic carbocycles. The Kier molecular flexibility index (Phi) is 3.33. The number of alkyl halides is 4. The maximum absolute atomic E-state index is 13.6. The summed E-state index contributed by atoms with van der Waals surface area (Å²) in [5.74, 6) is -1.56. The Hall–Kier alpha value is -1.38. The fourth-order valence-electron chi connectivity index (χ4n) is 3.85. The second kappa shape index (κ2) is 5.06. The van der Waals surface area contributed by atoms with Crippen LogP contribution in [-0.4, -0.2) is 26.4 Å². The van der Waals surface area contributed by atoms with E-state index in [0.717, 1.165) is 11.1 Å². The number of imidazole rings is 1. The number of ketones is 1. The van der Waals surface area contributed by atoms with Crippen molar-refractivity contribution in [1.82, 2.24) is 9.97 Å². The third-order valence-corrected chi connectivity index (χ3v) is 5.83. The van der Waals surface area contributed by atoms with Gasteiger partial charge in [0.15, 0.2) is 5.78 Å². The predicted molar refractivity (Wildman–Crippen MR) is 88.3 cm³/mol. The van der Waals surface area contributed by atoms with Gasteiger partial charge in [0, 0.05) is 10.3 Å². The normalized spacial score (nSPS) is 24.3. The van der Waals surface area contributed by atoms with Crippen LogP contribution < -0.4 is 0 Å². The topological polar surface area (TPSA) is 45.8 Å². The molecule has 1 aromatic carbocycles. The number of aromatic amines is 1. The number of rotatable bonds is 1. The molecular formula is C16H12F3IN2O. The number of fused-ring (bicyclic) bond motifs is 5. The molecule has 0 radical (unpaired) electrons. The van der Waals surface area contributed by atoms with Gasteiger partial charge in [-0.25, -0.2) is 4.98 Å². The van der Waals surface area contributed by atoms with E-state index < -0.39 is 23.5 Å². The molecule has 0 saturated carbocycles. The van der Waals surface area contributed by atoms with Crippen LogP contribution in [0.2, 0.25) is 0 Å². The number of halogens is 4. The molecule has 1 N–H and O–H groups in total. The van der Waals surface area contributed by atoms with E-state index in [1.165, 1.54) is 0 Å². The van der Waals surface area contributed by atoms with E-state index >= 15 is 0 Å². The number of benzene rings is 1. The number of hydrogen-bond donors (Lipinski definition) is 1. The zero-order valence-electron chi connectivity index (χ0n) is 11.9. The number of nitrogens with zero attached hydrogens (tertiary/aromatic N) is 1. The second-order valence-electron chi connectivity index (χ2n) is 6.03. The van der Waals surface area contributed by atoms with E-state index in [0.29, 0.717) is 28.3 Å². The summed E-state index contributed by atoms with van der Waals surface area (Å²) in [6.45, 7) is 0. The molecule has 4 rings (SSSR count). The van der Waals surface area contributed by atoms with Crippen molar-refractivity contribution in [2.45, 2.75) is 19.0 Å². The first kappa shape index (κ1) is 15.2. The lowest BCUT2D eigenvalue weighted by Crippen LogP contribution is -2.34. The molecule has 1 aromatic heterocycles. The van der Waals surface area contributed by atoms with Crippen LogP contribution in [0.4, 0.5) is 13.2 Å². The van der Waals surface area contributed by atoms with E-state index in [-0.39, 0.29) is 11.5 Å². The first-order valence-electron chi connectivity index (χ1n) is 7.28. The van der Waals surface area contributed by atoms with Gasteiger partial charge in [-0.05, 0) is 41.5 Å². The largest absolute Gasteiger partial charge is 0.420 e. The van der Waals surface area contributed by atoms with E-state index in [2.05, 4.69) is 9.97 Å². The molecule has 2 aromatic rings. The average Bonchev–Trinajstić information content (AvgIpc) is 3.08. The SMILES string of the molecule is O=C1C(C(F)(F)F)=C2c3ccc4[nH]cnc4c3CC2C[C@H]1CI. The van der Waals surface area contributed by atoms with E-state index in [9.17, 15) is 18.0 Å². The molecule has 1 unspecified atom stereocenters. The van der Waals surface area contributed by atoms with Crippen LogP contribution in [0.25, 0.3) is 16.6 Å². The zero-order chi connectivity index (χ0) is 16.4. The summed E-state index contributed by atoms with van der Waals surface area (Å²) in [6, 6.07) is 3.42. The summed E-state index contributed by atoms with van der Waals surface area (Å²) in [5.41, 5.74) is 2.14. The molecule has 3 nitrogen and oxygen atoms in total. The first-order chi connectivity index (χ1) is 10.9. The Balaban J connectivity index is 2.00. The molecule has 0 aliphatic heterocycles. The molecule has 120 valence electrons. The Morgan fingerprint density at radius 2 is 2.13 bits per heavy atom. The van der Waals surface area contributed by atoms with Gasteiger partial charge in [0.05, 0.1) is 17.4 Å².